The molecule has 0 amide bonds. The molecular formula is C11H9N3O10. The molecule has 0 heterocycles. The Morgan fingerprint density at radius 1 is 0.875 bits per heavy atom. The lowest BCUT2D eigenvalue weighted by Crippen LogP contribution is -2.26. The van der Waals surface area contributed by atoms with Crippen molar-refractivity contribution >= 4 is 29.0 Å². The van der Waals surface area contributed by atoms with E-state index in [1.54, 1.807) is 0 Å². The Balaban J connectivity index is 3.90. The van der Waals surface area contributed by atoms with Gasteiger partial charge in [-0.05, 0) is 0 Å². The maximum Gasteiger partial charge on any atom is 0.325 e. The van der Waals surface area contributed by atoms with Crippen LogP contribution in [0.25, 0.3) is 0 Å². The van der Waals surface area contributed by atoms with Gasteiger partial charge >= 0.3 is 11.9 Å². The summed E-state index contributed by atoms with van der Waals surface area (Å²) in [7, 11) is 1.70. The number of non-ortho nitro benzene ring substituents is 1. The number of ether oxygens (including phenoxy) is 2. The monoisotopic (exact) mass is 343 g/mol. The molecule has 0 aliphatic carbocycles. The smallest absolute Gasteiger partial charge is 0.325 e. The van der Waals surface area contributed by atoms with Gasteiger partial charge in [0.2, 0.25) is 0 Å². The van der Waals surface area contributed by atoms with E-state index in [4.69, 9.17) is 0 Å². The molecule has 0 spiro atoms. The highest BCUT2D eigenvalue weighted by Gasteiger charge is 2.43. The average molecular weight is 343 g/mol. The van der Waals surface area contributed by atoms with Crippen LogP contribution in [0.1, 0.15) is 11.5 Å². The Hall–Kier alpha value is -3.64. The molecule has 0 saturated heterocycles. The highest BCUT2D eigenvalue weighted by Crippen LogP contribution is 2.39. The van der Waals surface area contributed by atoms with Crippen molar-refractivity contribution in [3.8, 4) is 0 Å². The lowest BCUT2D eigenvalue weighted by Gasteiger charge is -2.13. The molecule has 0 bridgehead atoms. The van der Waals surface area contributed by atoms with E-state index in [2.05, 4.69) is 9.47 Å². The molecule has 1 aromatic rings. The fraction of sp³-hybridized carbons (Fsp3) is 0.273. The first-order chi connectivity index (χ1) is 11.1. The summed E-state index contributed by atoms with van der Waals surface area (Å²) in [5.41, 5.74) is -4.23. The SMILES string of the molecule is COC(=O)C(C(=O)OC)c1c([N+](=O)[O-])cc([N+](=O)[O-])cc1[N+](=O)[O-]. The van der Waals surface area contributed by atoms with Crippen LogP contribution >= 0.6 is 0 Å². The third-order valence-electron chi connectivity index (χ3n) is 2.89. The molecule has 0 saturated carbocycles. The summed E-state index contributed by atoms with van der Waals surface area (Å²) >= 11 is 0. The van der Waals surface area contributed by atoms with Crippen LogP contribution in [0.5, 0.6) is 0 Å². The minimum Gasteiger partial charge on any atom is -0.468 e. The third kappa shape index (κ3) is 3.40. The fourth-order valence-corrected chi connectivity index (χ4v) is 1.88. The molecule has 1 rings (SSSR count). The number of methoxy groups -OCH3 is 2. The van der Waals surface area contributed by atoms with Gasteiger partial charge in [-0.25, -0.2) is 0 Å². The van der Waals surface area contributed by atoms with Crippen molar-refractivity contribution in [2.45, 2.75) is 5.92 Å². The number of rotatable bonds is 6. The first-order valence-electron chi connectivity index (χ1n) is 5.92. The van der Waals surface area contributed by atoms with Crippen LogP contribution in [-0.2, 0) is 19.1 Å². The fourth-order valence-electron chi connectivity index (χ4n) is 1.88. The highest BCUT2D eigenvalue weighted by atomic mass is 16.6. The van der Waals surface area contributed by atoms with Crippen LogP contribution in [-0.4, -0.2) is 40.9 Å². The second-order valence-corrected chi connectivity index (χ2v) is 4.15. The lowest BCUT2D eigenvalue weighted by atomic mass is 9.95. The summed E-state index contributed by atoms with van der Waals surface area (Å²) in [5, 5.41) is 33.1. The van der Waals surface area contributed by atoms with Crippen molar-refractivity contribution in [1.82, 2.24) is 0 Å². The standard InChI is InChI=1S/C11H9N3O10/c1-23-10(15)9(11(16)24-2)8-6(13(19)20)3-5(12(17)18)4-7(8)14(21)22/h3-4,9H,1-2H3. The number of carbonyl (C=O) groups excluding carboxylic acids is 2. The maximum absolute atomic E-state index is 11.8. The van der Waals surface area contributed by atoms with Gasteiger partial charge in [0.15, 0.2) is 5.92 Å². The van der Waals surface area contributed by atoms with Crippen molar-refractivity contribution in [3.05, 3.63) is 48.0 Å². The van der Waals surface area contributed by atoms with E-state index in [0.717, 1.165) is 14.2 Å². The van der Waals surface area contributed by atoms with E-state index in [-0.39, 0.29) is 0 Å². The Labute approximate surface area is 132 Å². The second-order valence-electron chi connectivity index (χ2n) is 4.15. The number of hydrogen-bond acceptors (Lipinski definition) is 10. The van der Waals surface area contributed by atoms with E-state index in [1.807, 2.05) is 0 Å². The Bertz CT molecular complexity index is 693. The quantitative estimate of drug-likeness (QED) is 0.310. The second kappa shape index (κ2) is 7.08. The molecule has 0 fully saturated rings. The summed E-state index contributed by atoms with van der Waals surface area (Å²) in [5.74, 6) is -4.87. The van der Waals surface area contributed by atoms with Crippen molar-refractivity contribution in [1.29, 1.82) is 0 Å². The number of esters is 2. The minimum atomic E-state index is -2.15. The van der Waals surface area contributed by atoms with Gasteiger partial charge in [0.05, 0.1) is 41.1 Å². The number of hydrogen-bond donors (Lipinski definition) is 0. The predicted molar refractivity (Wildman–Crippen MR) is 73.2 cm³/mol. The Morgan fingerprint density at radius 3 is 1.50 bits per heavy atom. The van der Waals surface area contributed by atoms with Crippen molar-refractivity contribution in [3.63, 3.8) is 0 Å². The van der Waals surface area contributed by atoms with Crippen LogP contribution in [0, 0.1) is 30.3 Å². The molecule has 13 nitrogen and oxygen atoms in total. The number of nitro groups is 3. The number of carbonyl (C=O) groups is 2. The molecule has 0 aromatic heterocycles. The molecule has 13 heteroatoms. The molecule has 128 valence electrons. The van der Waals surface area contributed by atoms with Gasteiger partial charge in [0.25, 0.3) is 17.1 Å². The van der Waals surface area contributed by atoms with Crippen molar-refractivity contribution < 1.29 is 33.8 Å². The molecule has 0 atom stereocenters. The van der Waals surface area contributed by atoms with Gasteiger partial charge in [-0.3, -0.25) is 39.9 Å². The molecule has 0 unspecified atom stereocenters. The van der Waals surface area contributed by atoms with Gasteiger partial charge in [0, 0.05) is 0 Å². The first-order valence-corrected chi connectivity index (χ1v) is 5.92. The molecule has 0 aliphatic heterocycles. The summed E-state index contributed by atoms with van der Waals surface area (Å²) < 4.78 is 8.64. The molecule has 24 heavy (non-hydrogen) atoms. The minimum absolute atomic E-state index is 0.404. The molecular weight excluding hydrogens is 334 g/mol. The predicted octanol–water partition coefficient (Wildman–Crippen LogP) is 0.841. The topological polar surface area (TPSA) is 182 Å². The van der Waals surface area contributed by atoms with Crippen LogP contribution < -0.4 is 0 Å². The third-order valence-corrected chi connectivity index (χ3v) is 2.89. The number of benzene rings is 1. The summed E-state index contributed by atoms with van der Waals surface area (Å²) in [4.78, 5) is 53.2. The first kappa shape index (κ1) is 18.4. The van der Waals surface area contributed by atoms with E-state index < -0.39 is 55.3 Å². The van der Waals surface area contributed by atoms with Crippen LogP contribution in [0.4, 0.5) is 17.1 Å². The summed E-state index contributed by atoms with van der Waals surface area (Å²) in [6.45, 7) is 0. The zero-order valence-corrected chi connectivity index (χ0v) is 12.2. The molecule has 1 aromatic carbocycles. The van der Waals surface area contributed by atoms with Gasteiger partial charge in [-0.15, -0.1) is 0 Å². The average Bonchev–Trinajstić information content (AvgIpc) is 2.53. The zero-order valence-electron chi connectivity index (χ0n) is 12.2. The summed E-state index contributed by atoms with van der Waals surface area (Å²) in [6.07, 6.45) is 0. The van der Waals surface area contributed by atoms with Gasteiger partial charge < -0.3 is 9.47 Å². The van der Waals surface area contributed by atoms with Crippen molar-refractivity contribution in [2.75, 3.05) is 14.2 Å². The van der Waals surface area contributed by atoms with E-state index in [1.165, 1.54) is 0 Å². The van der Waals surface area contributed by atoms with Crippen LogP contribution in [0.15, 0.2) is 12.1 Å². The number of nitrogens with zero attached hydrogens (tertiary/aromatic N) is 3. The molecule has 0 aliphatic rings. The van der Waals surface area contributed by atoms with Crippen LogP contribution in [0.3, 0.4) is 0 Å². The van der Waals surface area contributed by atoms with E-state index in [0.29, 0.717) is 12.1 Å². The normalized spacial score (nSPS) is 10.1. The Kier molecular flexibility index (Phi) is 5.43. The van der Waals surface area contributed by atoms with Gasteiger partial charge in [-0.1, -0.05) is 0 Å². The molecule has 0 N–H and O–H groups in total. The van der Waals surface area contributed by atoms with E-state index >= 15 is 0 Å². The zero-order chi connectivity index (χ0) is 18.6. The summed E-state index contributed by atoms with van der Waals surface area (Å²) in [6, 6.07) is 0.808. The maximum atomic E-state index is 11.8. The van der Waals surface area contributed by atoms with Gasteiger partial charge in [0.1, 0.15) is 5.56 Å². The van der Waals surface area contributed by atoms with Gasteiger partial charge in [-0.2, -0.15) is 0 Å². The highest BCUT2D eigenvalue weighted by molar-refractivity contribution is 6.03. The van der Waals surface area contributed by atoms with Crippen LogP contribution in [0.2, 0.25) is 0 Å². The lowest BCUT2D eigenvalue weighted by molar-refractivity contribution is -0.404. The van der Waals surface area contributed by atoms with Crippen molar-refractivity contribution in [2.24, 2.45) is 0 Å². The van der Waals surface area contributed by atoms with E-state index in [9.17, 15) is 39.9 Å². The Morgan fingerprint density at radius 2 is 1.25 bits per heavy atom. The molecule has 0 radical (unpaired) electrons. The number of nitro benzene ring substituents is 3. The largest absolute Gasteiger partial charge is 0.468 e.